The first-order valence-electron chi connectivity index (χ1n) is 12.2. The normalized spacial score (nSPS) is 21.2. The molecule has 2 aromatic rings. The van der Waals surface area contributed by atoms with E-state index in [0.29, 0.717) is 63.4 Å². The molecule has 2 aliphatic heterocycles. The molecule has 2 aromatic heterocycles. The Hall–Kier alpha value is -2.92. The van der Waals surface area contributed by atoms with E-state index in [-0.39, 0.29) is 11.4 Å². The van der Waals surface area contributed by atoms with Gasteiger partial charge in [0.15, 0.2) is 5.60 Å². The number of nitrogens with zero attached hydrogens (tertiary/aromatic N) is 4. The lowest BCUT2D eigenvalue weighted by atomic mass is 9.93. The second-order valence-electron chi connectivity index (χ2n) is 10.1. The standard InChI is InChI=1S/C25H30F3N5O3/c1-23(35,25(26,27)28)18-6-5-17(21(29-18)33-11-9-24(7-8-24)10-12-33)22(34)31-19-3-2-4-20(30-19)32-13-15-36-16-14-32/h2-6,35H,7-16H2,1H3,(H,30,31,34). The lowest BCUT2D eigenvalue weighted by Gasteiger charge is -2.35. The average molecular weight is 506 g/mol. The van der Waals surface area contributed by atoms with E-state index in [1.54, 1.807) is 12.1 Å². The molecule has 4 heterocycles. The highest BCUT2D eigenvalue weighted by Crippen LogP contribution is 2.54. The van der Waals surface area contributed by atoms with E-state index in [1.165, 1.54) is 6.07 Å². The number of carbonyl (C=O) groups excluding carboxylic acids is 1. The third kappa shape index (κ3) is 4.86. The minimum atomic E-state index is -4.91. The number of piperidine rings is 1. The lowest BCUT2D eigenvalue weighted by molar-refractivity contribution is -0.260. The van der Waals surface area contributed by atoms with Gasteiger partial charge < -0.3 is 25.0 Å². The summed E-state index contributed by atoms with van der Waals surface area (Å²) in [5.41, 5.74) is -3.21. The van der Waals surface area contributed by atoms with Crippen molar-refractivity contribution in [1.82, 2.24) is 9.97 Å². The molecule has 1 spiro atoms. The maximum atomic E-state index is 13.5. The number of aliphatic hydroxyl groups is 1. The van der Waals surface area contributed by atoms with Crippen molar-refractivity contribution >= 4 is 23.4 Å². The molecule has 0 aromatic carbocycles. The van der Waals surface area contributed by atoms with E-state index in [2.05, 4.69) is 20.2 Å². The van der Waals surface area contributed by atoms with Crippen molar-refractivity contribution < 1.29 is 27.8 Å². The number of morpholine rings is 1. The molecule has 8 nitrogen and oxygen atoms in total. The van der Waals surface area contributed by atoms with Crippen molar-refractivity contribution in [3.05, 3.63) is 41.6 Å². The van der Waals surface area contributed by atoms with E-state index in [0.717, 1.165) is 31.7 Å². The number of hydrogen-bond acceptors (Lipinski definition) is 7. The molecular formula is C25H30F3N5O3. The Morgan fingerprint density at radius 1 is 1.00 bits per heavy atom. The van der Waals surface area contributed by atoms with E-state index in [1.807, 2.05) is 11.0 Å². The molecule has 2 N–H and O–H groups in total. The van der Waals surface area contributed by atoms with Gasteiger partial charge in [0, 0.05) is 26.2 Å². The summed E-state index contributed by atoms with van der Waals surface area (Å²) in [5, 5.41) is 13.0. The zero-order chi connectivity index (χ0) is 25.6. The summed E-state index contributed by atoms with van der Waals surface area (Å²) in [4.78, 5) is 26.0. The largest absolute Gasteiger partial charge is 0.422 e. The minimum Gasteiger partial charge on any atom is -0.378 e. The summed E-state index contributed by atoms with van der Waals surface area (Å²) < 4.78 is 46.0. The van der Waals surface area contributed by atoms with Gasteiger partial charge in [-0.2, -0.15) is 13.2 Å². The molecule has 11 heteroatoms. The Bertz CT molecular complexity index is 1120. The quantitative estimate of drug-likeness (QED) is 0.640. The number of aromatic nitrogens is 2. The number of hydrogen-bond donors (Lipinski definition) is 2. The van der Waals surface area contributed by atoms with Crippen LogP contribution in [0.3, 0.4) is 0 Å². The second kappa shape index (κ2) is 9.19. The molecule has 3 aliphatic rings. The van der Waals surface area contributed by atoms with Gasteiger partial charge in [0.05, 0.1) is 24.5 Å². The first kappa shape index (κ1) is 24.8. The number of anilines is 3. The maximum absolute atomic E-state index is 13.5. The van der Waals surface area contributed by atoms with Crippen LogP contribution in [0.2, 0.25) is 0 Å². The molecule has 1 unspecified atom stereocenters. The van der Waals surface area contributed by atoms with Crippen molar-refractivity contribution in [2.45, 2.75) is 44.4 Å². The van der Waals surface area contributed by atoms with Crippen molar-refractivity contribution in [1.29, 1.82) is 0 Å². The first-order valence-corrected chi connectivity index (χ1v) is 12.2. The molecule has 1 amide bonds. The molecular weight excluding hydrogens is 475 g/mol. The van der Waals surface area contributed by atoms with Crippen molar-refractivity contribution in [3.63, 3.8) is 0 Å². The molecule has 0 bridgehead atoms. The summed E-state index contributed by atoms with van der Waals surface area (Å²) in [6, 6.07) is 7.67. The van der Waals surface area contributed by atoms with Crippen molar-refractivity contribution in [3.8, 4) is 0 Å². The summed E-state index contributed by atoms with van der Waals surface area (Å²) in [7, 11) is 0. The molecule has 3 fully saturated rings. The van der Waals surface area contributed by atoms with Crippen LogP contribution >= 0.6 is 0 Å². The van der Waals surface area contributed by atoms with Crippen LogP contribution in [0.4, 0.5) is 30.6 Å². The Kier molecular flexibility index (Phi) is 6.32. The second-order valence-corrected chi connectivity index (χ2v) is 10.1. The highest BCUT2D eigenvalue weighted by Gasteiger charge is 2.53. The van der Waals surface area contributed by atoms with Gasteiger partial charge in [-0.1, -0.05) is 6.07 Å². The van der Waals surface area contributed by atoms with Gasteiger partial charge in [-0.15, -0.1) is 0 Å². The Labute approximate surface area is 207 Å². The zero-order valence-electron chi connectivity index (χ0n) is 20.1. The third-order valence-corrected chi connectivity index (χ3v) is 7.56. The minimum absolute atomic E-state index is 0.141. The summed E-state index contributed by atoms with van der Waals surface area (Å²) in [6.07, 6.45) is -0.784. The predicted molar refractivity (Wildman–Crippen MR) is 128 cm³/mol. The molecule has 1 aliphatic carbocycles. The number of alkyl halides is 3. The van der Waals surface area contributed by atoms with E-state index >= 15 is 0 Å². The van der Waals surface area contributed by atoms with Gasteiger partial charge in [0.2, 0.25) is 0 Å². The van der Waals surface area contributed by atoms with Crippen LogP contribution in [0.25, 0.3) is 0 Å². The first-order chi connectivity index (χ1) is 17.1. The molecule has 0 radical (unpaired) electrons. The van der Waals surface area contributed by atoms with Gasteiger partial charge in [-0.25, -0.2) is 9.97 Å². The Balaban J connectivity index is 1.43. The average Bonchev–Trinajstić information content (AvgIpc) is 3.62. The molecule has 2 saturated heterocycles. The van der Waals surface area contributed by atoms with Gasteiger partial charge in [-0.05, 0) is 62.3 Å². The number of amides is 1. The van der Waals surface area contributed by atoms with Crippen LogP contribution in [0.15, 0.2) is 30.3 Å². The van der Waals surface area contributed by atoms with Crippen LogP contribution in [-0.2, 0) is 10.3 Å². The number of rotatable bonds is 5. The highest BCUT2D eigenvalue weighted by atomic mass is 19.4. The fourth-order valence-corrected chi connectivity index (χ4v) is 4.80. The summed E-state index contributed by atoms with van der Waals surface area (Å²) in [5.74, 6) is 0.664. The van der Waals surface area contributed by atoms with Crippen LogP contribution < -0.4 is 15.1 Å². The fraction of sp³-hybridized carbons (Fsp3) is 0.560. The summed E-state index contributed by atoms with van der Waals surface area (Å²) in [6.45, 7) is 4.43. The van der Waals surface area contributed by atoms with Gasteiger partial charge in [0.1, 0.15) is 17.5 Å². The van der Waals surface area contributed by atoms with E-state index < -0.39 is 23.4 Å². The third-order valence-electron chi connectivity index (χ3n) is 7.56. The lowest BCUT2D eigenvalue weighted by Crippen LogP contribution is -2.41. The number of ether oxygens (including phenoxy) is 1. The maximum Gasteiger partial charge on any atom is 0.422 e. The smallest absolute Gasteiger partial charge is 0.378 e. The predicted octanol–water partition coefficient (Wildman–Crippen LogP) is 3.72. The van der Waals surface area contributed by atoms with Crippen LogP contribution in [0, 0.1) is 5.41 Å². The summed E-state index contributed by atoms with van der Waals surface area (Å²) >= 11 is 0. The van der Waals surface area contributed by atoms with Crippen LogP contribution in [0.5, 0.6) is 0 Å². The van der Waals surface area contributed by atoms with E-state index in [9.17, 15) is 23.1 Å². The Morgan fingerprint density at radius 2 is 1.69 bits per heavy atom. The van der Waals surface area contributed by atoms with E-state index in [4.69, 9.17) is 4.74 Å². The number of halogens is 3. The van der Waals surface area contributed by atoms with Gasteiger partial charge in [-0.3, -0.25) is 4.79 Å². The topological polar surface area (TPSA) is 90.8 Å². The van der Waals surface area contributed by atoms with Crippen LogP contribution in [0.1, 0.15) is 48.7 Å². The monoisotopic (exact) mass is 505 g/mol. The van der Waals surface area contributed by atoms with Crippen LogP contribution in [-0.4, -0.2) is 66.6 Å². The zero-order valence-corrected chi connectivity index (χ0v) is 20.1. The van der Waals surface area contributed by atoms with Gasteiger partial charge >= 0.3 is 6.18 Å². The van der Waals surface area contributed by atoms with Gasteiger partial charge in [0.25, 0.3) is 5.91 Å². The molecule has 5 rings (SSSR count). The molecule has 36 heavy (non-hydrogen) atoms. The fourth-order valence-electron chi connectivity index (χ4n) is 4.80. The molecule has 194 valence electrons. The number of carbonyl (C=O) groups is 1. The number of nitrogens with one attached hydrogen (secondary N) is 1. The highest BCUT2D eigenvalue weighted by molar-refractivity contribution is 6.07. The van der Waals surface area contributed by atoms with Crippen molar-refractivity contribution in [2.24, 2.45) is 5.41 Å². The van der Waals surface area contributed by atoms with Crippen molar-refractivity contribution in [2.75, 3.05) is 54.5 Å². The Morgan fingerprint density at radius 3 is 2.33 bits per heavy atom. The number of pyridine rings is 2. The molecule has 1 atom stereocenters. The SMILES string of the molecule is CC(O)(c1ccc(C(=O)Nc2cccc(N3CCOCC3)n2)c(N2CCC3(CC2)CC3)n1)C(F)(F)F. The molecule has 1 saturated carbocycles.